The number of piperidine rings is 1. The van der Waals surface area contributed by atoms with Gasteiger partial charge in [0.25, 0.3) is 0 Å². The van der Waals surface area contributed by atoms with Crippen LogP contribution in [0.4, 0.5) is 0 Å². The molecule has 0 amide bonds. The van der Waals surface area contributed by atoms with Crippen molar-refractivity contribution in [2.45, 2.75) is 33.2 Å². The lowest BCUT2D eigenvalue weighted by molar-refractivity contribution is 0.131. The average molecular weight is 392 g/mol. The number of phenolic OH excluding ortho intramolecular Hbond substituents is 1. The van der Waals surface area contributed by atoms with E-state index in [2.05, 4.69) is 39.6 Å². The van der Waals surface area contributed by atoms with E-state index >= 15 is 0 Å². The highest BCUT2D eigenvalue weighted by atomic mass is 16.5. The lowest BCUT2D eigenvalue weighted by Gasteiger charge is -2.31. The molecule has 0 aliphatic carbocycles. The molecule has 1 aliphatic heterocycles. The minimum Gasteiger partial charge on any atom is -0.508 e. The quantitative estimate of drug-likeness (QED) is 0.673. The summed E-state index contributed by atoms with van der Waals surface area (Å²) in [6, 6.07) is 18.5. The molecule has 2 heterocycles. The summed E-state index contributed by atoms with van der Waals surface area (Å²) >= 11 is 0. The van der Waals surface area contributed by atoms with Crippen molar-refractivity contribution in [3.05, 3.63) is 71.5 Å². The second-order valence-corrected chi connectivity index (χ2v) is 7.94. The van der Waals surface area contributed by atoms with Gasteiger partial charge in [0.15, 0.2) is 0 Å². The molecule has 152 valence electrons. The van der Waals surface area contributed by atoms with E-state index in [0.29, 0.717) is 24.3 Å². The number of aryl methyl sites for hydroxylation is 1. The van der Waals surface area contributed by atoms with Gasteiger partial charge in [-0.25, -0.2) is 0 Å². The third kappa shape index (κ3) is 4.62. The number of aromatic nitrogens is 2. The van der Waals surface area contributed by atoms with Gasteiger partial charge >= 0.3 is 6.01 Å². The number of benzene rings is 2. The smallest absolute Gasteiger partial charge is 0.301 e. The molecule has 3 aromatic rings. The standard InChI is InChI=1S/C24H29N3O2/c1-18-19(2)27(22-8-4-3-5-9-22)24(25-18)29-17-20-11-13-26(14-12-20)16-21-7-6-10-23(28)15-21/h3-10,15,20,28H,11-14,16-17H2,1-2H3. The first kappa shape index (κ1) is 19.5. The largest absolute Gasteiger partial charge is 0.508 e. The minimum atomic E-state index is 0.338. The monoisotopic (exact) mass is 391 g/mol. The van der Waals surface area contributed by atoms with E-state index in [4.69, 9.17) is 4.74 Å². The Bertz CT molecular complexity index is 944. The van der Waals surface area contributed by atoms with Crippen LogP contribution in [-0.2, 0) is 6.54 Å². The third-order valence-electron chi connectivity index (χ3n) is 5.80. The van der Waals surface area contributed by atoms with Crippen molar-refractivity contribution in [1.29, 1.82) is 0 Å². The van der Waals surface area contributed by atoms with Gasteiger partial charge in [-0.3, -0.25) is 9.47 Å². The van der Waals surface area contributed by atoms with Gasteiger partial charge in [0, 0.05) is 12.2 Å². The molecule has 0 unspecified atom stereocenters. The van der Waals surface area contributed by atoms with Crippen molar-refractivity contribution in [1.82, 2.24) is 14.5 Å². The Balaban J connectivity index is 1.34. The predicted molar refractivity (Wildman–Crippen MR) is 115 cm³/mol. The van der Waals surface area contributed by atoms with Gasteiger partial charge in [-0.05, 0) is 75.5 Å². The zero-order chi connectivity index (χ0) is 20.2. The fraction of sp³-hybridized carbons (Fsp3) is 0.375. The number of ether oxygens (including phenoxy) is 1. The number of para-hydroxylation sites is 1. The minimum absolute atomic E-state index is 0.338. The molecule has 0 atom stereocenters. The first-order valence-electron chi connectivity index (χ1n) is 10.3. The zero-order valence-electron chi connectivity index (χ0n) is 17.2. The van der Waals surface area contributed by atoms with Crippen LogP contribution in [-0.4, -0.2) is 39.3 Å². The molecule has 1 fully saturated rings. The van der Waals surface area contributed by atoms with Gasteiger partial charge in [0.1, 0.15) is 5.75 Å². The van der Waals surface area contributed by atoms with Gasteiger partial charge < -0.3 is 9.84 Å². The maximum atomic E-state index is 9.65. The maximum absolute atomic E-state index is 9.65. The van der Waals surface area contributed by atoms with Crippen molar-refractivity contribution >= 4 is 0 Å². The summed E-state index contributed by atoms with van der Waals surface area (Å²) in [4.78, 5) is 7.11. The Kier molecular flexibility index (Phi) is 5.86. The molecule has 1 aliphatic rings. The van der Waals surface area contributed by atoms with Crippen LogP contribution in [0, 0.1) is 19.8 Å². The van der Waals surface area contributed by atoms with Crippen LogP contribution in [0.2, 0.25) is 0 Å². The highest BCUT2D eigenvalue weighted by Crippen LogP contribution is 2.25. The summed E-state index contributed by atoms with van der Waals surface area (Å²) in [6.45, 7) is 7.80. The Morgan fingerprint density at radius 2 is 1.79 bits per heavy atom. The van der Waals surface area contributed by atoms with Gasteiger partial charge in [-0.2, -0.15) is 4.98 Å². The Labute approximate surface area is 172 Å². The van der Waals surface area contributed by atoms with Crippen LogP contribution < -0.4 is 4.74 Å². The SMILES string of the molecule is Cc1nc(OCC2CCN(Cc3cccc(O)c3)CC2)n(-c2ccccc2)c1C. The zero-order valence-corrected chi connectivity index (χ0v) is 17.2. The molecular formula is C24H29N3O2. The molecule has 0 saturated carbocycles. The van der Waals surface area contributed by atoms with E-state index in [-0.39, 0.29) is 0 Å². The molecular weight excluding hydrogens is 362 g/mol. The lowest BCUT2D eigenvalue weighted by atomic mass is 9.97. The number of imidazole rings is 1. The first-order chi connectivity index (χ1) is 14.1. The Hall–Kier alpha value is -2.79. The van der Waals surface area contributed by atoms with E-state index in [9.17, 15) is 5.11 Å². The predicted octanol–water partition coefficient (Wildman–Crippen LogP) is 4.49. The Morgan fingerprint density at radius 3 is 2.52 bits per heavy atom. The van der Waals surface area contributed by atoms with E-state index < -0.39 is 0 Å². The summed E-state index contributed by atoms with van der Waals surface area (Å²) in [5.41, 5.74) is 4.37. The number of hydrogen-bond acceptors (Lipinski definition) is 4. The van der Waals surface area contributed by atoms with Gasteiger partial charge in [-0.15, -0.1) is 0 Å². The number of hydrogen-bond donors (Lipinski definition) is 1. The summed E-state index contributed by atoms with van der Waals surface area (Å²) in [5, 5.41) is 9.65. The molecule has 1 N–H and O–H groups in total. The topological polar surface area (TPSA) is 50.5 Å². The molecule has 0 spiro atoms. The second kappa shape index (κ2) is 8.70. The van der Waals surface area contributed by atoms with Crippen molar-refractivity contribution in [2.75, 3.05) is 19.7 Å². The summed E-state index contributed by atoms with van der Waals surface area (Å²) in [7, 11) is 0. The summed E-state index contributed by atoms with van der Waals surface area (Å²) in [6.07, 6.45) is 2.23. The Morgan fingerprint density at radius 1 is 1.03 bits per heavy atom. The molecule has 29 heavy (non-hydrogen) atoms. The number of rotatable bonds is 6. The molecule has 5 heteroatoms. The van der Waals surface area contributed by atoms with E-state index in [0.717, 1.165) is 55.1 Å². The summed E-state index contributed by atoms with van der Waals surface area (Å²) in [5.74, 6) is 0.877. The molecule has 4 rings (SSSR count). The van der Waals surface area contributed by atoms with Crippen LogP contribution >= 0.6 is 0 Å². The molecule has 1 saturated heterocycles. The highest BCUT2D eigenvalue weighted by Gasteiger charge is 2.21. The molecule has 5 nitrogen and oxygen atoms in total. The van der Waals surface area contributed by atoms with Crippen LogP contribution in [0.15, 0.2) is 54.6 Å². The number of aromatic hydroxyl groups is 1. The molecule has 2 aromatic carbocycles. The van der Waals surface area contributed by atoms with Crippen LogP contribution in [0.5, 0.6) is 11.8 Å². The van der Waals surface area contributed by atoms with Crippen molar-refractivity contribution < 1.29 is 9.84 Å². The average Bonchev–Trinajstić information content (AvgIpc) is 3.02. The van der Waals surface area contributed by atoms with Gasteiger partial charge in [0.05, 0.1) is 18.0 Å². The van der Waals surface area contributed by atoms with E-state index in [1.54, 1.807) is 6.07 Å². The van der Waals surface area contributed by atoms with Crippen molar-refractivity contribution in [2.24, 2.45) is 5.92 Å². The highest BCUT2D eigenvalue weighted by molar-refractivity contribution is 5.38. The molecule has 0 radical (unpaired) electrons. The lowest BCUT2D eigenvalue weighted by Crippen LogP contribution is -2.35. The fourth-order valence-electron chi connectivity index (χ4n) is 3.97. The first-order valence-corrected chi connectivity index (χ1v) is 10.3. The van der Waals surface area contributed by atoms with Crippen LogP contribution in [0.1, 0.15) is 29.8 Å². The van der Waals surface area contributed by atoms with Crippen molar-refractivity contribution in [3.63, 3.8) is 0 Å². The third-order valence-corrected chi connectivity index (χ3v) is 5.80. The van der Waals surface area contributed by atoms with Crippen LogP contribution in [0.25, 0.3) is 5.69 Å². The summed E-state index contributed by atoms with van der Waals surface area (Å²) < 4.78 is 8.31. The second-order valence-electron chi connectivity index (χ2n) is 7.94. The maximum Gasteiger partial charge on any atom is 0.301 e. The van der Waals surface area contributed by atoms with Crippen molar-refractivity contribution in [3.8, 4) is 17.4 Å². The van der Waals surface area contributed by atoms with Gasteiger partial charge in [-0.1, -0.05) is 30.3 Å². The fourth-order valence-corrected chi connectivity index (χ4v) is 3.97. The van der Waals surface area contributed by atoms with Crippen LogP contribution in [0.3, 0.4) is 0 Å². The molecule has 0 bridgehead atoms. The van der Waals surface area contributed by atoms with Gasteiger partial charge in [0.2, 0.25) is 0 Å². The normalized spacial score (nSPS) is 15.5. The number of nitrogens with zero attached hydrogens (tertiary/aromatic N) is 3. The number of likely N-dealkylation sites (tertiary alicyclic amines) is 1. The number of phenols is 1. The molecule has 1 aromatic heterocycles. The van der Waals surface area contributed by atoms with E-state index in [1.807, 2.05) is 37.3 Å². The van der Waals surface area contributed by atoms with E-state index in [1.165, 1.54) is 0 Å².